The van der Waals surface area contributed by atoms with Gasteiger partial charge < -0.3 is 14.6 Å². The lowest BCUT2D eigenvalue weighted by Crippen LogP contribution is -2.29. The Morgan fingerprint density at radius 1 is 1.04 bits per heavy atom. The number of rotatable bonds is 4. The largest absolute Gasteiger partial charge is 0.493 e. The zero-order valence-corrected chi connectivity index (χ0v) is 16.8. The van der Waals surface area contributed by atoms with Gasteiger partial charge in [-0.25, -0.2) is 4.79 Å². The number of hydrogen-bond donors (Lipinski definition) is 1. The molecule has 0 saturated heterocycles. The summed E-state index contributed by atoms with van der Waals surface area (Å²) in [5.41, 5.74) is 4.42. The standard InChI is InChI=1S/C22H23NO4.ClH/c1-26-19-11-16-15-5-3-4-6-18(15)23-21(17(16)12-20(19)27-2)13-7-9-14(10-8-13)22(24)25;/h7-12,15,18H,3-6H2,1-2H3,(H,24,25);1H. The van der Waals surface area contributed by atoms with Gasteiger partial charge in [0.05, 0.1) is 31.5 Å². The van der Waals surface area contributed by atoms with Gasteiger partial charge in [0.15, 0.2) is 11.5 Å². The molecule has 0 bridgehead atoms. The molecule has 1 N–H and O–H groups in total. The van der Waals surface area contributed by atoms with Crippen LogP contribution in [0.3, 0.4) is 0 Å². The number of carboxylic acid groups (broad SMARTS) is 1. The Hall–Kier alpha value is -2.53. The smallest absolute Gasteiger partial charge is 0.335 e. The molecule has 0 aromatic heterocycles. The molecule has 148 valence electrons. The summed E-state index contributed by atoms with van der Waals surface area (Å²) in [6.45, 7) is 0. The topological polar surface area (TPSA) is 68.1 Å². The van der Waals surface area contributed by atoms with Crippen molar-refractivity contribution in [1.82, 2.24) is 0 Å². The van der Waals surface area contributed by atoms with Crippen LogP contribution in [0.1, 0.15) is 58.6 Å². The molecule has 1 aliphatic heterocycles. The second-order valence-electron chi connectivity index (χ2n) is 7.11. The van der Waals surface area contributed by atoms with Gasteiger partial charge in [0.1, 0.15) is 0 Å². The number of carboxylic acids is 1. The first-order valence-corrected chi connectivity index (χ1v) is 9.30. The molecule has 1 aliphatic carbocycles. The summed E-state index contributed by atoms with van der Waals surface area (Å²) in [4.78, 5) is 16.3. The summed E-state index contributed by atoms with van der Waals surface area (Å²) in [5.74, 6) is 0.894. The number of methoxy groups -OCH3 is 2. The van der Waals surface area contributed by atoms with Crippen LogP contribution in [0, 0.1) is 0 Å². The van der Waals surface area contributed by atoms with Gasteiger partial charge in [-0.1, -0.05) is 25.0 Å². The Bertz CT molecular complexity index is 907. The fourth-order valence-electron chi connectivity index (χ4n) is 4.27. The third-order valence-corrected chi connectivity index (χ3v) is 5.64. The Balaban J connectivity index is 0.00000225. The highest BCUT2D eigenvalue weighted by atomic mass is 35.5. The number of fused-ring (bicyclic) bond motifs is 3. The van der Waals surface area contributed by atoms with Crippen molar-refractivity contribution in [2.75, 3.05) is 14.2 Å². The van der Waals surface area contributed by atoms with Crippen LogP contribution in [0.2, 0.25) is 0 Å². The molecule has 6 heteroatoms. The summed E-state index contributed by atoms with van der Waals surface area (Å²) < 4.78 is 11.1. The lowest BCUT2D eigenvalue weighted by Gasteiger charge is -2.35. The van der Waals surface area contributed by atoms with Gasteiger partial charge in [0.25, 0.3) is 0 Å². The minimum atomic E-state index is -0.925. The SMILES string of the molecule is COc1cc2c(cc1OC)C1CCCCC1N=C2c1ccc(C(=O)O)cc1.Cl. The quantitative estimate of drug-likeness (QED) is 0.806. The van der Waals surface area contributed by atoms with E-state index in [0.717, 1.165) is 35.4 Å². The number of aromatic carboxylic acids is 1. The molecule has 2 aromatic carbocycles. The highest BCUT2D eigenvalue weighted by molar-refractivity contribution is 6.15. The van der Waals surface area contributed by atoms with Crippen molar-refractivity contribution in [3.8, 4) is 11.5 Å². The predicted octanol–water partition coefficient (Wildman–Crippen LogP) is 4.70. The fraction of sp³-hybridized carbons (Fsp3) is 0.364. The van der Waals surface area contributed by atoms with Crippen molar-refractivity contribution < 1.29 is 19.4 Å². The van der Waals surface area contributed by atoms with E-state index >= 15 is 0 Å². The highest BCUT2D eigenvalue weighted by Gasteiger charge is 2.34. The first-order valence-electron chi connectivity index (χ1n) is 9.30. The summed E-state index contributed by atoms with van der Waals surface area (Å²) in [7, 11) is 3.29. The van der Waals surface area contributed by atoms with Crippen molar-refractivity contribution in [2.45, 2.75) is 37.6 Å². The molecule has 1 saturated carbocycles. The average molecular weight is 402 g/mol. The zero-order chi connectivity index (χ0) is 19.0. The maximum Gasteiger partial charge on any atom is 0.335 e. The van der Waals surface area contributed by atoms with Gasteiger partial charge >= 0.3 is 5.97 Å². The monoisotopic (exact) mass is 401 g/mol. The first kappa shape index (κ1) is 20.2. The van der Waals surface area contributed by atoms with Gasteiger partial charge in [-0.3, -0.25) is 4.99 Å². The van der Waals surface area contributed by atoms with Crippen molar-refractivity contribution in [3.05, 3.63) is 58.7 Å². The molecule has 5 nitrogen and oxygen atoms in total. The van der Waals surface area contributed by atoms with Crippen molar-refractivity contribution in [1.29, 1.82) is 0 Å². The average Bonchev–Trinajstić information content (AvgIpc) is 2.72. The number of benzene rings is 2. The Kier molecular flexibility index (Phi) is 5.94. The molecular weight excluding hydrogens is 378 g/mol. The van der Waals surface area contributed by atoms with Crippen molar-refractivity contribution in [2.24, 2.45) is 4.99 Å². The van der Waals surface area contributed by atoms with Gasteiger partial charge in [0.2, 0.25) is 0 Å². The lowest BCUT2D eigenvalue weighted by molar-refractivity contribution is 0.0697. The molecule has 0 radical (unpaired) electrons. The van der Waals surface area contributed by atoms with Crippen LogP contribution in [-0.2, 0) is 0 Å². The maximum absolute atomic E-state index is 11.2. The zero-order valence-electron chi connectivity index (χ0n) is 16.0. The number of aliphatic imine (C=N–C) groups is 1. The number of carbonyl (C=O) groups is 1. The van der Waals surface area contributed by atoms with Gasteiger partial charge in [-0.15, -0.1) is 12.4 Å². The maximum atomic E-state index is 11.2. The molecule has 2 aliphatic rings. The molecule has 0 amide bonds. The first-order chi connectivity index (χ1) is 13.1. The molecule has 2 unspecified atom stereocenters. The van der Waals surface area contributed by atoms with E-state index in [1.165, 1.54) is 18.4 Å². The summed E-state index contributed by atoms with van der Waals surface area (Å²) in [6, 6.07) is 11.3. The number of halogens is 1. The van der Waals surface area contributed by atoms with Crippen LogP contribution in [0.15, 0.2) is 41.4 Å². The summed E-state index contributed by atoms with van der Waals surface area (Å²) in [6.07, 6.45) is 4.61. The molecule has 1 heterocycles. The number of nitrogens with zero attached hydrogens (tertiary/aromatic N) is 1. The Morgan fingerprint density at radius 3 is 2.32 bits per heavy atom. The second-order valence-corrected chi connectivity index (χ2v) is 7.11. The minimum absolute atomic E-state index is 0. The van der Waals surface area contributed by atoms with Crippen LogP contribution in [-0.4, -0.2) is 37.0 Å². The van der Waals surface area contributed by atoms with E-state index in [9.17, 15) is 4.79 Å². The summed E-state index contributed by atoms with van der Waals surface area (Å²) in [5, 5.41) is 9.16. The van der Waals surface area contributed by atoms with Crippen LogP contribution in [0.25, 0.3) is 0 Å². The van der Waals surface area contributed by atoms with Crippen molar-refractivity contribution in [3.63, 3.8) is 0 Å². The van der Waals surface area contributed by atoms with E-state index in [0.29, 0.717) is 11.7 Å². The van der Waals surface area contributed by atoms with E-state index in [1.54, 1.807) is 26.4 Å². The van der Waals surface area contributed by atoms with E-state index in [4.69, 9.17) is 19.6 Å². The molecular formula is C22H24ClNO4. The van der Waals surface area contributed by atoms with Crippen molar-refractivity contribution >= 4 is 24.1 Å². The highest BCUT2D eigenvalue weighted by Crippen LogP contribution is 2.44. The van der Waals surface area contributed by atoms with Crippen LogP contribution in [0.4, 0.5) is 0 Å². The minimum Gasteiger partial charge on any atom is -0.493 e. The van der Waals surface area contributed by atoms with Gasteiger partial charge in [-0.05, 0) is 42.7 Å². The van der Waals surface area contributed by atoms with Gasteiger partial charge in [0, 0.05) is 17.0 Å². The molecule has 2 atom stereocenters. The fourth-order valence-corrected chi connectivity index (χ4v) is 4.27. The molecule has 2 aromatic rings. The van der Waals surface area contributed by atoms with E-state index in [-0.39, 0.29) is 24.0 Å². The Morgan fingerprint density at radius 2 is 1.68 bits per heavy atom. The summed E-state index contributed by atoms with van der Waals surface area (Å²) >= 11 is 0. The molecule has 4 rings (SSSR count). The van der Waals surface area contributed by atoms with Crippen LogP contribution in [0.5, 0.6) is 11.5 Å². The molecule has 1 fully saturated rings. The second kappa shape index (κ2) is 8.23. The van der Waals surface area contributed by atoms with Gasteiger partial charge in [-0.2, -0.15) is 0 Å². The molecule has 0 spiro atoms. The lowest BCUT2D eigenvalue weighted by atomic mass is 9.75. The van der Waals surface area contributed by atoms with E-state index < -0.39 is 5.97 Å². The number of hydrogen-bond acceptors (Lipinski definition) is 4. The van der Waals surface area contributed by atoms with Crippen LogP contribution >= 0.6 is 12.4 Å². The Labute approximate surface area is 170 Å². The number of ether oxygens (including phenoxy) is 2. The molecule has 28 heavy (non-hydrogen) atoms. The third kappa shape index (κ3) is 3.47. The normalized spacial score (nSPS) is 20.1. The third-order valence-electron chi connectivity index (χ3n) is 5.64. The van der Waals surface area contributed by atoms with E-state index in [1.807, 2.05) is 18.2 Å². The predicted molar refractivity (Wildman–Crippen MR) is 111 cm³/mol. The van der Waals surface area contributed by atoms with E-state index in [2.05, 4.69) is 6.07 Å². The van der Waals surface area contributed by atoms with Crippen LogP contribution < -0.4 is 9.47 Å².